The highest BCUT2D eigenvalue weighted by Gasteiger charge is 2.03. The SMILES string of the molecule is C#CCNc1ccc([N+](=O)[O-])cn1. The van der Waals surface area contributed by atoms with Gasteiger partial charge in [0.05, 0.1) is 11.5 Å². The minimum absolute atomic E-state index is 0.0359. The molecule has 0 aromatic carbocycles. The first-order valence-electron chi connectivity index (χ1n) is 3.52. The summed E-state index contributed by atoms with van der Waals surface area (Å²) >= 11 is 0. The fourth-order valence-corrected chi connectivity index (χ4v) is 0.740. The molecule has 0 aliphatic heterocycles. The van der Waals surface area contributed by atoms with E-state index in [4.69, 9.17) is 6.42 Å². The van der Waals surface area contributed by atoms with Gasteiger partial charge in [-0.3, -0.25) is 10.1 Å². The van der Waals surface area contributed by atoms with Gasteiger partial charge in [-0.15, -0.1) is 6.42 Å². The monoisotopic (exact) mass is 177 g/mol. The molecule has 66 valence electrons. The van der Waals surface area contributed by atoms with Crippen molar-refractivity contribution in [1.82, 2.24) is 4.98 Å². The predicted molar refractivity (Wildman–Crippen MR) is 48.2 cm³/mol. The molecule has 1 heterocycles. The third kappa shape index (κ3) is 2.45. The van der Waals surface area contributed by atoms with Gasteiger partial charge in [0.25, 0.3) is 5.69 Å². The highest BCUT2D eigenvalue weighted by Crippen LogP contribution is 2.10. The van der Waals surface area contributed by atoms with Crippen LogP contribution >= 0.6 is 0 Å². The molecular weight excluding hydrogens is 170 g/mol. The number of pyridine rings is 1. The van der Waals surface area contributed by atoms with Crippen molar-refractivity contribution in [3.63, 3.8) is 0 Å². The van der Waals surface area contributed by atoms with Crippen LogP contribution in [0.5, 0.6) is 0 Å². The molecule has 1 aromatic heterocycles. The summed E-state index contributed by atoms with van der Waals surface area (Å²) in [7, 11) is 0. The number of anilines is 1. The summed E-state index contributed by atoms with van der Waals surface area (Å²) in [5.41, 5.74) is -0.0359. The molecule has 0 spiro atoms. The minimum atomic E-state index is -0.502. The smallest absolute Gasteiger partial charge is 0.287 e. The van der Waals surface area contributed by atoms with E-state index in [0.29, 0.717) is 12.4 Å². The summed E-state index contributed by atoms with van der Waals surface area (Å²) in [5.74, 6) is 2.90. The molecule has 5 nitrogen and oxygen atoms in total. The lowest BCUT2D eigenvalue weighted by atomic mass is 10.4. The van der Waals surface area contributed by atoms with Crippen molar-refractivity contribution in [2.75, 3.05) is 11.9 Å². The van der Waals surface area contributed by atoms with E-state index in [0.717, 1.165) is 0 Å². The fourth-order valence-electron chi connectivity index (χ4n) is 0.740. The molecule has 0 aliphatic carbocycles. The molecule has 0 saturated heterocycles. The molecule has 13 heavy (non-hydrogen) atoms. The van der Waals surface area contributed by atoms with Crippen molar-refractivity contribution in [2.45, 2.75) is 0 Å². The van der Waals surface area contributed by atoms with Crippen LogP contribution in [-0.2, 0) is 0 Å². The highest BCUT2D eigenvalue weighted by atomic mass is 16.6. The van der Waals surface area contributed by atoms with Crippen LogP contribution in [0.4, 0.5) is 11.5 Å². The van der Waals surface area contributed by atoms with Gasteiger partial charge in [-0.05, 0) is 6.07 Å². The topological polar surface area (TPSA) is 68.1 Å². The Balaban J connectivity index is 2.71. The van der Waals surface area contributed by atoms with Gasteiger partial charge in [0.2, 0.25) is 0 Å². The summed E-state index contributed by atoms with van der Waals surface area (Å²) < 4.78 is 0. The van der Waals surface area contributed by atoms with Crippen LogP contribution in [0.25, 0.3) is 0 Å². The molecule has 0 atom stereocenters. The summed E-state index contributed by atoms with van der Waals surface area (Å²) in [6, 6.07) is 2.88. The molecule has 0 amide bonds. The van der Waals surface area contributed by atoms with Gasteiger partial charge in [0, 0.05) is 6.07 Å². The first kappa shape index (κ1) is 9.00. The Kier molecular flexibility index (Phi) is 2.82. The summed E-state index contributed by atoms with van der Waals surface area (Å²) in [6.45, 7) is 0.352. The highest BCUT2D eigenvalue weighted by molar-refractivity contribution is 5.40. The van der Waals surface area contributed by atoms with Gasteiger partial charge in [-0.2, -0.15) is 0 Å². The number of terminal acetylenes is 1. The van der Waals surface area contributed by atoms with Crippen molar-refractivity contribution in [3.05, 3.63) is 28.4 Å². The molecule has 0 unspecified atom stereocenters. The molecule has 0 bridgehead atoms. The molecule has 0 radical (unpaired) electrons. The zero-order valence-electron chi connectivity index (χ0n) is 6.73. The Hall–Kier alpha value is -2.09. The van der Waals surface area contributed by atoms with Gasteiger partial charge in [-0.25, -0.2) is 4.98 Å². The quantitative estimate of drug-likeness (QED) is 0.425. The predicted octanol–water partition coefficient (Wildman–Crippen LogP) is 1.03. The molecule has 1 N–H and O–H groups in total. The van der Waals surface area contributed by atoms with E-state index in [-0.39, 0.29) is 5.69 Å². The van der Waals surface area contributed by atoms with Crippen LogP contribution in [0, 0.1) is 22.5 Å². The normalized spacial score (nSPS) is 8.85. The number of hydrogen-bond donors (Lipinski definition) is 1. The van der Waals surface area contributed by atoms with Crippen molar-refractivity contribution in [1.29, 1.82) is 0 Å². The van der Waals surface area contributed by atoms with E-state index in [9.17, 15) is 10.1 Å². The second-order valence-electron chi connectivity index (χ2n) is 2.22. The first-order chi connectivity index (χ1) is 6.24. The van der Waals surface area contributed by atoms with Crippen LogP contribution in [0.15, 0.2) is 18.3 Å². The van der Waals surface area contributed by atoms with Gasteiger partial charge in [0.1, 0.15) is 12.0 Å². The third-order valence-corrected chi connectivity index (χ3v) is 1.33. The van der Waals surface area contributed by atoms with E-state index in [1.54, 1.807) is 0 Å². The maximum absolute atomic E-state index is 10.2. The lowest BCUT2D eigenvalue weighted by Gasteiger charge is -1.98. The van der Waals surface area contributed by atoms with Crippen LogP contribution in [0.2, 0.25) is 0 Å². The van der Waals surface area contributed by atoms with E-state index in [1.165, 1.54) is 18.3 Å². The molecule has 0 saturated carbocycles. The Morgan fingerprint density at radius 1 is 1.69 bits per heavy atom. The van der Waals surface area contributed by atoms with E-state index >= 15 is 0 Å². The lowest BCUT2D eigenvalue weighted by molar-refractivity contribution is -0.385. The summed E-state index contributed by atoms with van der Waals surface area (Å²) in [4.78, 5) is 13.5. The van der Waals surface area contributed by atoms with E-state index in [2.05, 4.69) is 16.2 Å². The number of aromatic nitrogens is 1. The standard InChI is InChI=1S/C8H7N3O2/c1-2-5-9-8-4-3-7(6-10-8)11(12)13/h1,3-4,6H,5H2,(H,9,10). The zero-order valence-corrected chi connectivity index (χ0v) is 6.73. The molecule has 1 rings (SSSR count). The number of hydrogen-bond acceptors (Lipinski definition) is 4. The summed E-state index contributed by atoms with van der Waals surface area (Å²) in [6.07, 6.45) is 6.19. The molecular formula is C8H7N3O2. The maximum atomic E-state index is 10.2. The molecule has 5 heteroatoms. The third-order valence-electron chi connectivity index (χ3n) is 1.33. The number of nitrogens with one attached hydrogen (secondary N) is 1. The zero-order chi connectivity index (χ0) is 9.68. The van der Waals surface area contributed by atoms with Crippen molar-refractivity contribution >= 4 is 11.5 Å². The van der Waals surface area contributed by atoms with Crippen LogP contribution < -0.4 is 5.32 Å². The number of rotatable bonds is 3. The van der Waals surface area contributed by atoms with Crippen LogP contribution in [-0.4, -0.2) is 16.5 Å². The average molecular weight is 177 g/mol. The number of nitro groups is 1. The Bertz CT molecular complexity index is 339. The van der Waals surface area contributed by atoms with Gasteiger partial charge >= 0.3 is 0 Å². The van der Waals surface area contributed by atoms with Gasteiger partial charge < -0.3 is 5.32 Å². The molecule has 0 aliphatic rings. The largest absolute Gasteiger partial charge is 0.359 e. The summed E-state index contributed by atoms with van der Waals surface area (Å²) in [5, 5.41) is 13.0. The second kappa shape index (κ2) is 4.07. The Labute approximate surface area is 74.9 Å². The van der Waals surface area contributed by atoms with Crippen LogP contribution in [0.3, 0.4) is 0 Å². The van der Waals surface area contributed by atoms with Crippen molar-refractivity contribution < 1.29 is 4.92 Å². The number of nitrogens with zero attached hydrogens (tertiary/aromatic N) is 2. The van der Waals surface area contributed by atoms with Gasteiger partial charge in [-0.1, -0.05) is 5.92 Å². The minimum Gasteiger partial charge on any atom is -0.359 e. The van der Waals surface area contributed by atoms with Gasteiger partial charge in [0.15, 0.2) is 0 Å². The van der Waals surface area contributed by atoms with Crippen LogP contribution in [0.1, 0.15) is 0 Å². The maximum Gasteiger partial charge on any atom is 0.287 e. The molecule has 0 fully saturated rings. The Morgan fingerprint density at radius 2 is 2.46 bits per heavy atom. The van der Waals surface area contributed by atoms with E-state index in [1.807, 2.05) is 0 Å². The average Bonchev–Trinajstić information content (AvgIpc) is 2.15. The lowest BCUT2D eigenvalue weighted by Crippen LogP contribution is -2.00. The second-order valence-corrected chi connectivity index (χ2v) is 2.22. The fraction of sp³-hybridized carbons (Fsp3) is 0.125. The van der Waals surface area contributed by atoms with Crippen molar-refractivity contribution in [3.8, 4) is 12.3 Å². The molecule has 1 aromatic rings. The Morgan fingerprint density at radius 3 is 2.92 bits per heavy atom. The van der Waals surface area contributed by atoms with E-state index < -0.39 is 4.92 Å². The first-order valence-corrected chi connectivity index (χ1v) is 3.52. The van der Waals surface area contributed by atoms with Crippen molar-refractivity contribution in [2.24, 2.45) is 0 Å².